The molecule has 0 aliphatic carbocycles. The summed E-state index contributed by atoms with van der Waals surface area (Å²) in [6.07, 6.45) is 1.98. The molecule has 63 heavy (non-hydrogen) atoms. The molecule has 14 heteroatoms. The number of carbonyl (C=O) groups excluding carboxylic acids is 4. The molecule has 2 aromatic heterocycles. The van der Waals surface area contributed by atoms with Gasteiger partial charge in [0.1, 0.15) is 23.7 Å². The molecule has 0 saturated carbocycles. The first-order chi connectivity index (χ1) is 30.5. The Hall–Kier alpha value is -6.96. The molecule has 9 rings (SSSR count). The summed E-state index contributed by atoms with van der Waals surface area (Å²) in [6.45, 7) is 7.10. The molecular formula is C49H52N8O6. The van der Waals surface area contributed by atoms with Crippen LogP contribution >= 0.6 is 0 Å². The molecule has 4 amide bonds. The molecule has 2 fully saturated rings. The van der Waals surface area contributed by atoms with Crippen molar-refractivity contribution in [1.29, 1.82) is 0 Å². The fraction of sp³-hybridized carbons (Fsp3) is 0.347. The highest BCUT2D eigenvalue weighted by atomic mass is 16.5. The second kappa shape index (κ2) is 17.1. The van der Waals surface area contributed by atoms with E-state index in [1.54, 1.807) is 0 Å². The van der Waals surface area contributed by atoms with Gasteiger partial charge in [0, 0.05) is 23.9 Å². The van der Waals surface area contributed by atoms with Gasteiger partial charge in [-0.3, -0.25) is 9.59 Å². The Morgan fingerprint density at radius 2 is 1.32 bits per heavy atom. The molecule has 7 aromatic rings. The second-order valence-corrected chi connectivity index (χ2v) is 17.1. The fourth-order valence-corrected chi connectivity index (χ4v) is 9.52. The van der Waals surface area contributed by atoms with Crippen LogP contribution in [0.2, 0.25) is 0 Å². The standard InChI is InChI=1S/C49H52N8O6/c1-6-28-23-39(57(26-28)47(59)41(55-49(61)63-5)29-11-8-7-9-12-29)45-51-37-21-17-33-25-31(15-19-35(33)43(37)53-45)30-14-18-34-32(24-30)16-20-36-42(34)52-44(50-36)38-13-10-22-56(38)46(58)40(27(2)3)54-48(60)62-4/h7-9,11-12,14-21,24-25,27-28,38-41H,6,10,13,22-23,26H2,1-5H3,(H,50,52)(H,51,53)(H,54,60)(H,55,61)/t28-,38-,39-,40?,41+/m0/s1. The van der Waals surface area contributed by atoms with E-state index >= 15 is 0 Å². The van der Waals surface area contributed by atoms with Crippen molar-refractivity contribution >= 4 is 67.6 Å². The molecule has 2 saturated heterocycles. The molecule has 2 aliphatic heterocycles. The number of hydrogen-bond donors (Lipinski definition) is 4. The van der Waals surface area contributed by atoms with Crippen LogP contribution in [0.25, 0.3) is 54.7 Å². The van der Waals surface area contributed by atoms with Gasteiger partial charge in [0.2, 0.25) is 5.91 Å². The Morgan fingerprint density at radius 3 is 1.89 bits per heavy atom. The first kappa shape index (κ1) is 41.4. The average molecular weight is 849 g/mol. The molecule has 14 nitrogen and oxygen atoms in total. The van der Waals surface area contributed by atoms with E-state index in [-0.39, 0.29) is 35.7 Å². The van der Waals surface area contributed by atoms with Crippen molar-refractivity contribution in [3.63, 3.8) is 0 Å². The number of likely N-dealkylation sites (tertiary alicyclic amines) is 2. The third kappa shape index (κ3) is 7.78. The van der Waals surface area contributed by atoms with E-state index in [4.69, 9.17) is 19.4 Å². The minimum absolute atomic E-state index is 0.117. The van der Waals surface area contributed by atoms with E-state index in [0.29, 0.717) is 18.7 Å². The number of rotatable bonds is 10. The van der Waals surface area contributed by atoms with Crippen molar-refractivity contribution in [3.05, 3.63) is 108 Å². The summed E-state index contributed by atoms with van der Waals surface area (Å²) in [5, 5.41) is 9.66. The van der Waals surface area contributed by atoms with Crippen molar-refractivity contribution in [2.24, 2.45) is 11.8 Å². The number of H-pyrrole nitrogens is 2. The SMILES string of the molecule is CC[C@H]1C[C@@H](c2nc3ccc4cc(-c5ccc6c(ccc7nc([C@@H]8CCCN8C(=O)C(NC(=O)OC)C(C)C)[nH]c76)c5)ccc4c3[nH]2)N(C(=O)[C@H](NC(=O)OC)c2ccccc2)C1. The van der Waals surface area contributed by atoms with Crippen molar-refractivity contribution in [1.82, 2.24) is 40.4 Å². The van der Waals surface area contributed by atoms with Crippen LogP contribution in [0.15, 0.2) is 91.0 Å². The lowest BCUT2D eigenvalue weighted by Crippen LogP contribution is -2.51. The third-order valence-electron chi connectivity index (χ3n) is 13.0. The second-order valence-electron chi connectivity index (χ2n) is 17.1. The molecule has 5 atom stereocenters. The van der Waals surface area contributed by atoms with Crippen molar-refractivity contribution in [3.8, 4) is 11.1 Å². The number of aromatic amines is 2. The summed E-state index contributed by atoms with van der Waals surface area (Å²) in [5.74, 6) is 1.28. The summed E-state index contributed by atoms with van der Waals surface area (Å²) >= 11 is 0. The predicted molar refractivity (Wildman–Crippen MR) is 242 cm³/mol. The van der Waals surface area contributed by atoms with Crippen molar-refractivity contribution < 1.29 is 28.7 Å². The summed E-state index contributed by atoms with van der Waals surface area (Å²) in [7, 11) is 2.59. The maximum absolute atomic E-state index is 14.3. The Balaban J connectivity index is 0.985. The molecule has 324 valence electrons. The zero-order valence-electron chi connectivity index (χ0n) is 36.1. The van der Waals surface area contributed by atoms with E-state index in [0.717, 1.165) is 92.1 Å². The quantitative estimate of drug-likeness (QED) is 0.106. The number of ether oxygens (including phenoxy) is 2. The maximum Gasteiger partial charge on any atom is 0.407 e. The lowest BCUT2D eigenvalue weighted by Gasteiger charge is -2.29. The van der Waals surface area contributed by atoms with Gasteiger partial charge in [-0.25, -0.2) is 19.6 Å². The van der Waals surface area contributed by atoms with Gasteiger partial charge < -0.3 is 39.9 Å². The Bertz CT molecular complexity index is 2870. The van der Waals surface area contributed by atoms with Crippen LogP contribution < -0.4 is 10.6 Å². The number of alkyl carbamates (subject to hydrolysis) is 2. The normalized spacial score (nSPS) is 18.7. The van der Waals surface area contributed by atoms with E-state index in [1.165, 1.54) is 14.2 Å². The van der Waals surface area contributed by atoms with E-state index in [1.807, 2.05) is 66.1 Å². The molecule has 0 radical (unpaired) electrons. The van der Waals surface area contributed by atoms with E-state index in [9.17, 15) is 19.2 Å². The van der Waals surface area contributed by atoms with Gasteiger partial charge in [-0.15, -0.1) is 0 Å². The van der Waals surface area contributed by atoms with Gasteiger partial charge in [0.15, 0.2) is 0 Å². The van der Waals surface area contributed by atoms with Gasteiger partial charge in [-0.05, 0) is 82.8 Å². The van der Waals surface area contributed by atoms with Gasteiger partial charge in [0.05, 0.1) is 48.4 Å². The van der Waals surface area contributed by atoms with Gasteiger partial charge in [0.25, 0.3) is 5.91 Å². The Kier molecular flexibility index (Phi) is 11.2. The molecule has 1 unspecified atom stereocenters. The molecule has 0 bridgehead atoms. The number of hydrogen-bond acceptors (Lipinski definition) is 8. The number of amides is 4. The van der Waals surface area contributed by atoms with Crippen LogP contribution in [0.5, 0.6) is 0 Å². The van der Waals surface area contributed by atoms with Crippen LogP contribution in [0, 0.1) is 11.8 Å². The fourth-order valence-electron chi connectivity index (χ4n) is 9.52. The Morgan fingerprint density at radius 1 is 0.730 bits per heavy atom. The third-order valence-corrected chi connectivity index (χ3v) is 13.0. The predicted octanol–water partition coefficient (Wildman–Crippen LogP) is 8.85. The molecule has 4 heterocycles. The van der Waals surface area contributed by atoms with Crippen LogP contribution in [-0.4, -0.2) is 87.1 Å². The summed E-state index contributed by atoms with van der Waals surface area (Å²) < 4.78 is 9.70. The van der Waals surface area contributed by atoms with E-state index in [2.05, 4.69) is 76.1 Å². The summed E-state index contributed by atoms with van der Waals surface area (Å²) in [5.41, 5.74) is 6.29. The molecule has 5 aromatic carbocycles. The smallest absolute Gasteiger partial charge is 0.407 e. The topological polar surface area (TPSA) is 175 Å². The number of nitrogens with zero attached hydrogens (tertiary/aromatic N) is 4. The van der Waals surface area contributed by atoms with Gasteiger partial charge >= 0.3 is 12.2 Å². The summed E-state index contributed by atoms with van der Waals surface area (Å²) in [4.78, 5) is 73.5. The summed E-state index contributed by atoms with van der Waals surface area (Å²) in [6, 6.07) is 28.2. The van der Waals surface area contributed by atoms with E-state index < -0.39 is 24.3 Å². The number of imidazole rings is 2. The van der Waals surface area contributed by atoms with Crippen LogP contribution in [0.1, 0.15) is 81.8 Å². The zero-order chi connectivity index (χ0) is 43.9. The minimum Gasteiger partial charge on any atom is -0.453 e. The number of methoxy groups -OCH3 is 2. The molecule has 0 spiro atoms. The molecule has 2 aliphatic rings. The first-order valence-electron chi connectivity index (χ1n) is 21.7. The number of aromatic nitrogens is 4. The molecule has 4 N–H and O–H groups in total. The largest absolute Gasteiger partial charge is 0.453 e. The number of benzene rings is 5. The lowest BCUT2D eigenvalue weighted by molar-refractivity contribution is -0.136. The highest BCUT2D eigenvalue weighted by Gasteiger charge is 2.41. The van der Waals surface area contributed by atoms with Crippen LogP contribution in [-0.2, 0) is 19.1 Å². The van der Waals surface area contributed by atoms with Gasteiger partial charge in [-0.1, -0.05) is 93.9 Å². The monoisotopic (exact) mass is 848 g/mol. The first-order valence-corrected chi connectivity index (χ1v) is 21.7. The number of nitrogens with one attached hydrogen (secondary N) is 4. The van der Waals surface area contributed by atoms with Crippen molar-refractivity contribution in [2.45, 2.75) is 70.6 Å². The number of carbonyl (C=O) groups is 4. The Labute approximate surface area is 364 Å². The zero-order valence-corrected chi connectivity index (χ0v) is 36.1. The highest BCUT2D eigenvalue weighted by Crippen LogP contribution is 2.40. The minimum atomic E-state index is -0.902. The van der Waals surface area contributed by atoms with Gasteiger partial charge in [-0.2, -0.15) is 0 Å². The van der Waals surface area contributed by atoms with Crippen LogP contribution in [0.3, 0.4) is 0 Å². The lowest BCUT2D eigenvalue weighted by atomic mass is 9.98. The maximum atomic E-state index is 14.3. The number of fused-ring (bicyclic) bond motifs is 6. The highest BCUT2D eigenvalue weighted by molar-refractivity contribution is 6.07. The molecular weight excluding hydrogens is 797 g/mol. The van der Waals surface area contributed by atoms with Crippen LogP contribution in [0.4, 0.5) is 9.59 Å². The average Bonchev–Trinajstić information content (AvgIpc) is 4.14. The van der Waals surface area contributed by atoms with Crippen molar-refractivity contribution in [2.75, 3.05) is 27.3 Å².